The van der Waals surface area contributed by atoms with Crippen LogP contribution in [0.1, 0.15) is 51.4 Å². The second-order valence-electron chi connectivity index (χ2n) is 7.16. The Morgan fingerprint density at radius 1 is 1.31 bits per heavy atom. The molecule has 9 heteroatoms. The van der Waals surface area contributed by atoms with Crippen molar-refractivity contribution in [1.29, 1.82) is 0 Å². The van der Waals surface area contributed by atoms with Crippen LogP contribution in [0.2, 0.25) is 5.02 Å². The third-order valence-electron chi connectivity index (χ3n) is 4.79. The molecular weight excluding hydrogens is 498 g/mol. The number of ether oxygens (including phenoxy) is 2. The maximum Gasteiger partial charge on any atom is 0.308 e. The van der Waals surface area contributed by atoms with E-state index in [1.54, 1.807) is 18.2 Å². The van der Waals surface area contributed by atoms with Crippen LogP contribution in [-0.2, 0) is 4.79 Å². The van der Waals surface area contributed by atoms with Crippen molar-refractivity contribution in [2.75, 3.05) is 6.61 Å². The molecule has 0 aliphatic rings. The summed E-state index contributed by atoms with van der Waals surface area (Å²) in [5.41, 5.74) is 0.925. The zero-order valence-corrected chi connectivity index (χ0v) is 20.5. The molecule has 7 nitrogen and oxygen atoms in total. The summed E-state index contributed by atoms with van der Waals surface area (Å²) in [6, 6.07) is 8.63. The lowest BCUT2D eigenvalue weighted by Gasteiger charge is -2.14. The highest BCUT2D eigenvalue weighted by Gasteiger charge is 2.17. The first-order valence-corrected chi connectivity index (χ1v) is 11.3. The molecule has 0 bridgehead atoms. The third kappa shape index (κ3) is 5.19. The minimum absolute atomic E-state index is 0.0156. The SMILES string of the molecule is CCOc1cc(C=Nn2c([C@@H](C)CC)nc3ccc(Br)cc3c2=O)cc(Cl)c1OC(C)=O. The second-order valence-corrected chi connectivity index (χ2v) is 8.48. The van der Waals surface area contributed by atoms with Gasteiger partial charge in [-0.25, -0.2) is 4.98 Å². The van der Waals surface area contributed by atoms with Crippen LogP contribution in [0.5, 0.6) is 11.5 Å². The normalized spacial score (nSPS) is 12.3. The smallest absolute Gasteiger partial charge is 0.308 e. The molecule has 1 aromatic heterocycles. The van der Waals surface area contributed by atoms with Gasteiger partial charge in [-0.05, 0) is 49.2 Å². The van der Waals surface area contributed by atoms with E-state index in [-0.39, 0.29) is 22.2 Å². The fourth-order valence-corrected chi connectivity index (χ4v) is 3.69. The highest BCUT2D eigenvalue weighted by Crippen LogP contribution is 2.36. The van der Waals surface area contributed by atoms with E-state index in [0.29, 0.717) is 34.6 Å². The van der Waals surface area contributed by atoms with E-state index in [1.165, 1.54) is 17.8 Å². The van der Waals surface area contributed by atoms with Crippen LogP contribution < -0.4 is 15.0 Å². The molecule has 1 atom stereocenters. The molecule has 0 spiro atoms. The predicted octanol–water partition coefficient (Wildman–Crippen LogP) is 5.53. The quantitative estimate of drug-likeness (QED) is 0.232. The Labute approximate surface area is 199 Å². The van der Waals surface area contributed by atoms with Crippen LogP contribution >= 0.6 is 27.5 Å². The first kappa shape index (κ1) is 23.9. The number of nitrogens with zero attached hydrogens (tertiary/aromatic N) is 3. The van der Waals surface area contributed by atoms with Gasteiger partial charge in [0.25, 0.3) is 5.56 Å². The van der Waals surface area contributed by atoms with E-state index in [0.717, 1.165) is 10.9 Å². The molecule has 0 N–H and O–H groups in total. The van der Waals surface area contributed by atoms with Crippen LogP contribution in [0.4, 0.5) is 0 Å². The zero-order chi connectivity index (χ0) is 23.4. The van der Waals surface area contributed by atoms with Gasteiger partial charge in [-0.2, -0.15) is 9.78 Å². The molecule has 0 unspecified atom stereocenters. The van der Waals surface area contributed by atoms with Crippen LogP contribution in [0.15, 0.2) is 44.7 Å². The molecule has 2 aromatic carbocycles. The zero-order valence-electron chi connectivity index (χ0n) is 18.2. The van der Waals surface area contributed by atoms with Crippen molar-refractivity contribution in [3.8, 4) is 11.5 Å². The highest BCUT2D eigenvalue weighted by molar-refractivity contribution is 9.10. The number of rotatable bonds is 7. The van der Waals surface area contributed by atoms with Crippen molar-refractivity contribution in [2.24, 2.45) is 5.10 Å². The lowest BCUT2D eigenvalue weighted by molar-refractivity contribution is -0.132. The van der Waals surface area contributed by atoms with Gasteiger partial charge in [0.1, 0.15) is 5.82 Å². The molecule has 3 rings (SSSR count). The molecule has 0 aliphatic heterocycles. The maximum atomic E-state index is 13.2. The summed E-state index contributed by atoms with van der Waals surface area (Å²) in [5, 5.41) is 5.09. The Morgan fingerprint density at radius 3 is 2.72 bits per heavy atom. The van der Waals surface area contributed by atoms with Crippen LogP contribution in [0, 0.1) is 0 Å². The van der Waals surface area contributed by atoms with E-state index in [1.807, 2.05) is 32.9 Å². The number of fused-ring (bicyclic) bond motifs is 1. The Balaban J connectivity index is 2.14. The van der Waals surface area contributed by atoms with Gasteiger partial charge in [-0.15, -0.1) is 0 Å². The first-order valence-electron chi connectivity index (χ1n) is 10.2. The summed E-state index contributed by atoms with van der Waals surface area (Å²) in [7, 11) is 0. The fourth-order valence-electron chi connectivity index (χ4n) is 3.07. The molecule has 0 radical (unpaired) electrons. The van der Waals surface area contributed by atoms with E-state index >= 15 is 0 Å². The molecule has 0 saturated heterocycles. The average Bonchev–Trinajstić information content (AvgIpc) is 2.75. The Bertz CT molecular complexity index is 1260. The minimum Gasteiger partial charge on any atom is -0.490 e. The summed E-state index contributed by atoms with van der Waals surface area (Å²) < 4.78 is 12.9. The van der Waals surface area contributed by atoms with E-state index in [4.69, 9.17) is 26.1 Å². The Morgan fingerprint density at radius 2 is 2.06 bits per heavy atom. The van der Waals surface area contributed by atoms with Gasteiger partial charge in [-0.1, -0.05) is 41.4 Å². The van der Waals surface area contributed by atoms with Crippen molar-refractivity contribution in [3.63, 3.8) is 0 Å². The number of hydrogen-bond acceptors (Lipinski definition) is 6. The number of carbonyl (C=O) groups is 1. The Kier molecular flexibility index (Phi) is 7.69. The summed E-state index contributed by atoms with van der Waals surface area (Å²) in [4.78, 5) is 29.3. The van der Waals surface area contributed by atoms with Crippen LogP contribution in [0.3, 0.4) is 0 Å². The molecule has 0 fully saturated rings. The van der Waals surface area contributed by atoms with Crippen LogP contribution in [0.25, 0.3) is 10.9 Å². The van der Waals surface area contributed by atoms with Crippen molar-refractivity contribution in [1.82, 2.24) is 9.66 Å². The summed E-state index contributed by atoms with van der Waals surface area (Å²) in [6.45, 7) is 7.47. The fraction of sp³-hybridized carbons (Fsp3) is 0.304. The molecular formula is C23H23BrClN3O4. The lowest BCUT2D eigenvalue weighted by atomic mass is 10.1. The summed E-state index contributed by atoms with van der Waals surface area (Å²) in [5.74, 6) is 0.532. The van der Waals surface area contributed by atoms with E-state index < -0.39 is 5.97 Å². The van der Waals surface area contributed by atoms with Gasteiger partial charge in [0, 0.05) is 17.3 Å². The number of halogens is 2. The maximum absolute atomic E-state index is 13.2. The molecule has 168 valence electrons. The summed E-state index contributed by atoms with van der Waals surface area (Å²) >= 11 is 9.73. The van der Waals surface area contributed by atoms with Crippen molar-refractivity contribution >= 4 is 50.6 Å². The molecule has 0 saturated carbocycles. The number of aromatic nitrogens is 2. The van der Waals surface area contributed by atoms with E-state index in [9.17, 15) is 9.59 Å². The predicted molar refractivity (Wildman–Crippen MR) is 129 cm³/mol. The number of benzene rings is 2. The molecule has 0 aliphatic carbocycles. The molecule has 32 heavy (non-hydrogen) atoms. The average molecular weight is 521 g/mol. The number of hydrogen-bond donors (Lipinski definition) is 0. The Hall–Kier alpha value is -2.71. The van der Waals surface area contributed by atoms with Crippen molar-refractivity contribution in [3.05, 3.63) is 61.6 Å². The van der Waals surface area contributed by atoms with E-state index in [2.05, 4.69) is 21.0 Å². The van der Waals surface area contributed by atoms with Crippen molar-refractivity contribution < 1.29 is 14.3 Å². The van der Waals surface area contributed by atoms with Gasteiger partial charge < -0.3 is 9.47 Å². The van der Waals surface area contributed by atoms with Gasteiger partial charge in [-0.3, -0.25) is 9.59 Å². The number of esters is 1. The summed E-state index contributed by atoms with van der Waals surface area (Å²) in [6.07, 6.45) is 2.30. The highest BCUT2D eigenvalue weighted by atomic mass is 79.9. The van der Waals surface area contributed by atoms with Gasteiger partial charge in [0.15, 0.2) is 11.5 Å². The largest absolute Gasteiger partial charge is 0.490 e. The number of carbonyl (C=O) groups excluding carboxylic acids is 1. The van der Waals surface area contributed by atoms with Crippen molar-refractivity contribution in [2.45, 2.75) is 40.0 Å². The first-order chi connectivity index (χ1) is 15.2. The van der Waals surface area contributed by atoms with Gasteiger partial charge in [0.2, 0.25) is 0 Å². The van der Waals surface area contributed by atoms with Gasteiger partial charge in [0.05, 0.1) is 28.7 Å². The topological polar surface area (TPSA) is 82.8 Å². The van der Waals surface area contributed by atoms with Gasteiger partial charge >= 0.3 is 5.97 Å². The molecule has 3 aromatic rings. The third-order valence-corrected chi connectivity index (χ3v) is 5.56. The second kappa shape index (κ2) is 10.3. The standard InChI is InChI=1S/C23H23BrClN3O4/c1-5-13(3)22-27-19-8-7-16(24)11-17(19)23(30)28(22)26-12-15-9-18(25)21(32-14(4)29)20(10-15)31-6-2/h7-13H,5-6H2,1-4H3/t13-/m0/s1. The van der Waals surface area contributed by atoms with Crippen LogP contribution in [-0.4, -0.2) is 28.5 Å². The minimum atomic E-state index is -0.507. The molecule has 0 amide bonds. The monoisotopic (exact) mass is 519 g/mol. The lowest BCUT2D eigenvalue weighted by Crippen LogP contribution is -2.23. The molecule has 1 heterocycles.